The van der Waals surface area contributed by atoms with E-state index in [1.165, 1.54) is 42.4 Å². The first-order valence-corrected chi connectivity index (χ1v) is 8.63. The molecule has 0 saturated carbocycles. The molecule has 0 spiro atoms. The Morgan fingerprint density at radius 3 is 2.58 bits per heavy atom. The molecule has 8 heteroatoms. The van der Waals surface area contributed by atoms with E-state index in [9.17, 15) is 13.6 Å². The molecule has 1 heterocycles. The van der Waals surface area contributed by atoms with Crippen LogP contribution < -0.4 is 10.1 Å². The van der Waals surface area contributed by atoms with Crippen LogP contribution in [0.5, 0.6) is 5.75 Å². The van der Waals surface area contributed by atoms with E-state index in [1.54, 1.807) is 6.92 Å². The van der Waals surface area contributed by atoms with Crippen LogP contribution in [0.25, 0.3) is 10.9 Å². The summed E-state index contributed by atoms with van der Waals surface area (Å²) in [4.78, 5) is 20.8. The summed E-state index contributed by atoms with van der Waals surface area (Å²) < 4.78 is 28.6. The molecule has 26 heavy (non-hydrogen) atoms. The Morgan fingerprint density at radius 1 is 1.12 bits per heavy atom. The van der Waals surface area contributed by atoms with Gasteiger partial charge >= 0.3 is 6.61 Å². The highest BCUT2D eigenvalue weighted by Gasteiger charge is 2.17. The van der Waals surface area contributed by atoms with E-state index in [-0.39, 0.29) is 11.7 Å². The Labute approximate surface area is 152 Å². The van der Waals surface area contributed by atoms with Crippen molar-refractivity contribution in [2.24, 2.45) is 0 Å². The van der Waals surface area contributed by atoms with Crippen molar-refractivity contribution in [3.05, 3.63) is 54.9 Å². The fraction of sp³-hybridized carbons (Fsp3) is 0.167. The van der Waals surface area contributed by atoms with Crippen LogP contribution in [0, 0.1) is 0 Å². The Hall–Kier alpha value is -2.74. The van der Waals surface area contributed by atoms with Crippen LogP contribution in [-0.4, -0.2) is 27.7 Å². The molecule has 2 aromatic carbocycles. The second kappa shape index (κ2) is 8.09. The van der Waals surface area contributed by atoms with Gasteiger partial charge in [-0.25, -0.2) is 9.97 Å². The van der Waals surface area contributed by atoms with Gasteiger partial charge in [-0.2, -0.15) is 8.78 Å². The predicted octanol–water partition coefficient (Wildman–Crippen LogP) is 4.35. The molecule has 0 bridgehead atoms. The van der Waals surface area contributed by atoms with Gasteiger partial charge in [-0.05, 0) is 37.3 Å². The minimum absolute atomic E-state index is 0.0351. The number of benzene rings is 2. The quantitative estimate of drug-likeness (QED) is 0.513. The van der Waals surface area contributed by atoms with Gasteiger partial charge in [-0.1, -0.05) is 30.0 Å². The molecular formula is C18H15F2N3O2S. The molecule has 0 fully saturated rings. The maximum Gasteiger partial charge on any atom is 0.387 e. The third kappa shape index (κ3) is 4.45. The molecule has 3 rings (SSSR count). The van der Waals surface area contributed by atoms with E-state index in [2.05, 4.69) is 20.0 Å². The molecule has 1 amide bonds. The summed E-state index contributed by atoms with van der Waals surface area (Å²) in [6, 6.07) is 13.3. The highest BCUT2D eigenvalue weighted by atomic mass is 32.2. The van der Waals surface area contributed by atoms with Crippen LogP contribution in [0.2, 0.25) is 0 Å². The van der Waals surface area contributed by atoms with Crippen molar-refractivity contribution in [3.63, 3.8) is 0 Å². The second-order valence-electron chi connectivity index (χ2n) is 5.35. The van der Waals surface area contributed by atoms with Gasteiger partial charge in [0.05, 0.1) is 10.8 Å². The van der Waals surface area contributed by atoms with Crippen molar-refractivity contribution in [2.75, 3.05) is 5.32 Å². The number of amides is 1. The Bertz CT molecular complexity index is 901. The highest BCUT2D eigenvalue weighted by molar-refractivity contribution is 8.00. The van der Waals surface area contributed by atoms with Crippen molar-refractivity contribution < 1.29 is 18.3 Å². The van der Waals surface area contributed by atoms with E-state index in [0.29, 0.717) is 5.69 Å². The zero-order chi connectivity index (χ0) is 18.5. The third-order valence-corrected chi connectivity index (χ3v) is 4.63. The molecule has 1 atom stereocenters. The van der Waals surface area contributed by atoms with Crippen LogP contribution in [0.3, 0.4) is 0 Å². The van der Waals surface area contributed by atoms with E-state index < -0.39 is 11.9 Å². The van der Waals surface area contributed by atoms with Crippen LogP contribution in [0.4, 0.5) is 14.5 Å². The molecule has 0 saturated heterocycles. The molecule has 0 aliphatic heterocycles. The summed E-state index contributed by atoms with van der Waals surface area (Å²) in [6.45, 7) is -1.11. The molecule has 1 N–H and O–H groups in total. The largest absolute Gasteiger partial charge is 0.435 e. The molecule has 0 aliphatic carbocycles. The number of hydrogen-bond donors (Lipinski definition) is 1. The van der Waals surface area contributed by atoms with Gasteiger partial charge in [-0.15, -0.1) is 0 Å². The van der Waals surface area contributed by atoms with E-state index in [1.807, 2.05) is 24.3 Å². The zero-order valence-electron chi connectivity index (χ0n) is 13.7. The average molecular weight is 375 g/mol. The van der Waals surface area contributed by atoms with Crippen LogP contribution in [0.1, 0.15) is 6.92 Å². The van der Waals surface area contributed by atoms with E-state index in [4.69, 9.17) is 0 Å². The Morgan fingerprint density at radius 2 is 1.85 bits per heavy atom. The lowest BCUT2D eigenvalue weighted by molar-refractivity contribution is -0.115. The van der Waals surface area contributed by atoms with Crippen LogP contribution >= 0.6 is 11.8 Å². The van der Waals surface area contributed by atoms with Gasteiger partial charge in [0.25, 0.3) is 0 Å². The van der Waals surface area contributed by atoms with Gasteiger partial charge in [0, 0.05) is 11.1 Å². The minimum atomic E-state index is -2.88. The fourth-order valence-corrected chi connectivity index (χ4v) is 3.17. The first kappa shape index (κ1) is 18.1. The monoisotopic (exact) mass is 375 g/mol. The molecular weight excluding hydrogens is 360 g/mol. The SMILES string of the molecule is CC(Sc1ncnc2ccccc12)C(=O)Nc1ccc(OC(F)F)cc1. The summed E-state index contributed by atoms with van der Waals surface area (Å²) in [5.74, 6) is -0.187. The maximum atomic E-state index is 12.4. The molecule has 1 aromatic heterocycles. The average Bonchev–Trinajstić information content (AvgIpc) is 2.63. The van der Waals surface area contributed by atoms with Gasteiger partial charge in [0.15, 0.2) is 0 Å². The van der Waals surface area contributed by atoms with Crippen molar-refractivity contribution in [1.82, 2.24) is 9.97 Å². The van der Waals surface area contributed by atoms with E-state index in [0.717, 1.165) is 15.9 Å². The van der Waals surface area contributed by atoms with Crippen LogP contribution in [0.15, 0.2) is 59.9 Å². The van der Waals surface area contributed by atoms with Crippen LogP contribution in [-0.2, 0) is 4.79 Å². The summed E-state index contributed by atoms with van der Waals surface area (Å²) in [5, 5.41) is 3.94. The number of carbonyl (C=O) groups is 1. The number of halogens is 2. The maximum absolute atomic E-state index is 12.4. The number of rotatable bonds is 6. The number of hydrogen-bond acceptors (Lipinski definition) is 5. The summed E-state index contributed by atoms with van der Waals surface area (Å²) in [5.41, 5.74) is 1.31. The third-order valence-electron chi connectivity index (χ3n) is 3.51. The predicted molar refractivity (Wildman–Crippen MR) is 96.6 cm³/mol. The Kier molecular flexibility index (Phi) is 5.62. The number of nitrogens with zero attached hydrogens (tertiary/aromatic N) is 2. The fourth-order valence-electron chi connectivity index (χ4n) is 2.26. The lowest BCUT2D eigenvalue weighted by atomic mass is 10.2. The zero-order valence-corrected chi connectivity index (χ0v) is 14.5. The summed E-state index contributed by atoms with van der Waals surface area (Å²) >= 11 is 1.32. The van der Waals surface area contributed by atoms with Crippen molar-refractivity contribution >= 4 is 34.3 Å². The number of ether oxygens (including phenoxy) is 1. The first-order chi connectivity index (χ1) is 12.5. The molecule has 134 valence electrons. The first-order valence-electron chi connectivity index (χ1n) is 7.75. The van der Waals surface area contributed by atoms with E-state index >= 15 is 0 Å². The lowest BCUT2D eigenvalue weighted by Gasteiger charge is -2.13. The standard InChI is InChI=1S/C18H15F2N3O2S/c1-11(26-17-14-4-2-3-5-15(14)21-10-22-17)16(24)23-12-6-8-13(9-7-12)25-18(19)20/h2-11,18H,1H3,(H,23,24). The van der Waals surface area contributed by atoms with Gasteiger partial charge in [-0.3, -0.25) is 4.79 Å². The number of carbonyl (C=O) groups excluding carboxylic acids is 1. The minimum Gasteiger partial charge on any atom is -0.435 e. The molecule has 1 unspecified atom stereocenters. The number of para-hydroxylation sites is 1. The molecule has 3 aromatic rings. The number of fused-ring (bicyclic) bond motifs is 1. The number of alkyl halides is 2. The molecule has 0 aliphatic rings. The molecule has 5 nitrogen and oxygen atoms in total. The van der Waals surface area contributed by atoms with Crippen molar-refractivity contribution in [1.29, 1.82) is 0 Å². The number of nitrogens with one attached hydrogen (secondary N) is 1. The lowest BCUT2D eigenvalue weighted by Crippen LogP contribution is -2.22. The van der Waals surface area contributed by atoms with Crippen molar-refractivity contribution in [2.45, 2.75) is 23.8 Å². The number of thioether (sulfide) groups is 1. The summed E-state index contributed by atoms with van der Waals surface area (Å²) in [6.07, 6.45) is 1.47. The number of anilines is 1. The molecule has 0 radical (unpaired) electrons. The highest BCUT2D eigenvalue weighted by Crippen LogP contribution is 2.28. The van der Waals surface area contributed by atoms with Gasteiger partial charge < -0.3 is 10.1 Å². The van der Waals surface area contributed by atoms with Gasteiger partial charge in [0.1, 0.15) is 17.1 Å². The summed E-state index contributed by atoms with van der Waals surface area (Å²) in [7, 11) is 0. The van der Waals surface area contributed by atoms with Crippen molar-refractivity contribution in [3.8, 4) is 5.75 Å². The number of aromatic nitrogens is 2. The second-order valence-corrected chi connectivity index (χ2v) is 6.68. The topological polar surface area (TPSA) is 64.1 Å². The van der Waals surface area contributed by atoms with Gasteiger partial charge in [0.2, 0.25) is 5.91 Å². The normalized spacial score (nSPS) is 12.2. The Balaban J connectivity index is 1.66. The smallest absolute Gasteiger partial charge is 0.387 e.